The van der Waals surface area contributed by atoms with Gasteiger partial charge in [-0.1, -0.05) is 6.92 Å². The molecule has 70 valence electrons. The van der Waals surface area contributed by atoms with Crippen LogP contribution in [0.5, 0.6) is 0 Å². The molecule has 3 unspecified atom stereocenters. The van der Waals surface area contributed by atoms with Crippen LogP contribution in [-0.2, 0) is 0 Å². The number of hydrogen-bond acceptors (Lipinski definition) is 3. The van der Waals surface area contributed by atoms with E-state index >= 15 is 0 Å². The van der Waals surface area contributed by atoms with Crippen LogP contribution in [0.3, 0.4) is 0 Å². The van der Waals surface area contributed by atoms with Crippen molar-refractivity contribution in [3.63, 3.8) is 0 Å². The smallest absolute Gasteiger partial charge is 0.0967 e. The third-order valence-electron chi connectivity index (χ3n) is 3.67. The van der Waals surface area contributed by atoms with Crippen molar-refractivity contribution in [3.8, 4) is 0 Å². The van der Waals surface area contributed by atoms with Gasteiger partial charge in [-0.15, -0.1) is 0 Å². The molecule has 0 spiro atoms. The number of nitrogens with zero attached hydrogens (tertiary/aromatic N) is 1. The van der Waals surface area contributed by atoms with Crippen molar-refractivity contribution in [2.24, 2.45) is 11.7 Å². The SMILES string of the molecule is CC1CC1(N)C1(O)CCN(C)C1. The van der Waals surface area contributed by atoms with Crippen molar-refractivity contribution in [3.05, 3.63) is 0 Å². The zero-order valence-corrected chi connectivity index (χ0v) is 7.88. The lowest BCUT2D eigenvalue weighted by Crippen LogP contribution is -2.53. The molecular formula is C9H18N2O. The van der Waals surface area contributed by atoms with Crippen LogP contribution in [0, 0.1) is 5.92 Å². The maximum absolute atomic E-state index is 10.3. The molecule has 2 aliphatic rings. The Morgan fingerprint density at radius 3 is 2.50 bits per heavy atom. The minimum Gasteiger partial charge on any atom is -0.387 e. The predicted octanol–water partition coefficient (Wildman–Crippen LogP) is -0.210. The second-order valence-electron chi connectivity index (χ2n) is 4.66. The predicted molar refractivity (Wildman–Crippen MR) is 47.8 cm³/mol. The van der Waals surface area contributed by atoms with Crippen molar-refractivity contribution in [2.75, 3.05) is 20.1 Å². The maximum Gasteiger partial charge on any atom is 0.0967 e. The lowest BCUT2D eigenvalue weighted by molar-refractivity contribution is 0.0105. The molecular weight excluding hydrogens is 152 g/mol. The average Bonchev–Trinajstić information content (AvgIpc) is 2.39. The van der Waals surface area contributed by atoms with Crippen LogP contribution in [0.15, 0.2) is 0 Å². The standard InChI is InChI=1S/C9H18N2O/c1-7-5-9(7,10)8(12)3-4-11(2)6-8/h7,12H,3-6,10H2,1-2H3. The molecule has 0 radical (unpaired) electrons. The van der Waals surface area contributed by atoms with E-state index in [1.165, 1.54) is 0 Å². The van der Waals surface area contributed by atoms with Crippen LogP contribution in [0.25, 0.3) is 0 Å². The Morgan fingerprint density at radius 1 is 1.58 bits per heavy atom. The lowest BCUT2D eigenvalue weighted by atomic mass is 9.90. The summed E-state index contributed by atoms with van der Waals surface area (Å²) >= 11 is 0. The van der Waals surface area contributed by atoms with Gasteiger partial charge in [-0.3, -0.25) is 0 Å². The van der Waals surface area contributed by atoms with Gasteiger partial charge in [-0.25, -0.2) is 0 Å². The number of likely N-dealkylation sites (N-methyl/N-ethyl adjacent to an activating group) is 1. The van der Waals surface area contributed by atoms with E-state index in [4.69, 9.17) is 5.73 Å². The number of rotatable bonds is 1. The summed E-state index contributed by atoms with van der Waals surface area (Å²) in [6, 6.07) is 0. The molecule has 1 heterocycles. The van der Waals surface area contributed by atoms with Gasteiger partial charge < -0.3 is 15.7 Å². The molecule has 3 N–H and O–H groups in total. The Kier molecular flexibility index (Phi) is 1.57. The van der Waals surface area contributed by atoms with E-state index in [1.54, 1.807) is 0 Å². The minimum atomic E-state index is -0.610. The number of aliphatic hydroxyl groups is 1. The van der Waals surface area contributed by atoms with Gasteiger partial charge in [0.25, 0.3) is 0 Å². The van der Waals surface area contributed by atoms with E-state index in [9.17, 15) is 5.11 Å². The van der Waals surface area contributed by atoms with E-state index in [0.717, 1.165) is 25.9 Å². The van der Waals surface area contributed by atoms with Crippen molar-refractivity contribution in [1.29, 1.82) is 0 Å². The van der Waals surface area contributed by atoms with Crippen molar-refractivity contribution >= 4 is 0 Å². The highest BCUT2D eigenvalue weighted by molar-refractivity contribution is 5.20. The molecule has 0 aromatic rings. The van der Waals surface area contributed by atoms with Crippen molar-refractivity contribution in [2.45, 2.75) is 30.9 Å². The quantitative estimate of drug-likeness (QED) is 0.572. The Morgan fingerprint density at radius 2 is 2.17 bits per heavy atom. The third kappa shape index (κ3) is 0.934. The van der Waals surface area contributed by atoms with Crippen LogP contribution in [-0.4, -0.2) is 41.3 Å². The summed E-state index contributed by atoms with van der Waals surface area (Å²) in [5.74, 6) is 0.494. The molecule has 0 amide bonds. The average molecular weight is 170 g/mol. The second-order valence-corrected chi connectivity index (χ2v) is 4.66. The van der Waals surface area contributed by atoms with Crippen LogP contribution in [0.1, 0.15) is 19.8 Å². The van der Waals surface area contributed by atoms with Crippen molar-refractivity contribution in [1.82, 2.24) is 4.90 Å². The van der Waals surface area contributed by atoms with Gasteiger partial charge in [0.05, 0.1) is 5.60 Å². The molecule has 1 saturated carbocycles. The molecule has 2 fully saturated rings. The number of β-amino-alcohol motifs (C(OH)–C–C–N with tert-alkyl or cyclic N) is 1. The Bertz CT molecular complexity index is 209. The van der Waals surface area contributed by atoms with Gasteiger partial charge >= 0.3 is 0 Å². The van der Waals surface area contributed by atoms with Gasteiger partial charge in [0, 0.05) is 18.6 Å². The fourth-order valence-electron chi connectivity index (χ4n) is 2.46. The van der Waals surface area contributed by atoms with Gasteiger partial charge in [-0.05, 0) is 25.8 Å². The topological polar surface area (TPSA) is 49.5 Å². The van der Waals surface area contributed by atoms with E-state index in [-0.39, 0.29) is 5.54 Å². The third-order valence-corrected chi connectivity index (χ3v) is 3.67. The van der Waals surface area contributed by atoms with Gasteiger partial charge in [0.2, 0.25) is 0 Å². The highest BCUT2D eigenvalue weighted by atomic mass is 16.3. The van der Waals surface area contributed by atoms with Gasteiger partial charge in [-0.2, -0.15) is 0 Å². The highest BCUT2D eigenvalue weighted by Crippen LogP contribution is 2.51. The van der Waals surface area contributed by atoms with E-state index in [1.807, 2.05) is 7.05 Å². The first-order valence-corrected chi connectivity index (χ1v) is 4.68. The zero-order valence-electron chi connectivity index (χ0n) is 7.88. The number of nitrogens with two attached hydrogens (primary N) is 1. The first-order chi connectivity index (χ1) is 5.48. The Labute approximate surface area is 73.5 Å². The van der Waals surface area contributed by atoms with Crippen LogP contribution in [0.2, 0.25) is 0 Å². The summed E-state index contributed by atoms with van der Waals surface area (Å²) in [7, 11) is 2.04. The molecule has 0 aromatic heterocycles. The molecule has 0 aromatic carbocycles. The molecule has 12 heavy (non-hydrogen) atoms. The van der Waals surface area contributed by atoms with E-state index < -0.39 is 5.60 Å². The molecule has 3 heteroatoms. The maximum atomic E-state index is 10.3. The first kappa shape index (κ1) is 8.48. The Hall–Kier alpha value is -0.120. The molecule has 0 bridgehead atoms. The van der Waals surface area contributed by atoms with Gasteiger partial charge in [0.1, 0.15) is 0 Å². The fraction of sp³-hybridized carbons (Fsp3) is 1.00. The summed E-state index contributed by atoms with van der Waals surface area (Å²) in [6.45, 7) is 3.84. The lowest BCUT2D eigenvalue weighted by Gasteiger charge is -2.30. The van der Waals surface area contributed by atoms with Crippen LogP contribution >= 0.6 is 0 Å². The molecule has 1 aliphatic heterocycles. The number of hydrogen-bond donors (Lipinski definition) is 2. The Balaban J connectivity index is 2.12. The second kappa shape index (κ2) is 2.22. The van der Waals surface area contributed by atoms with Crippen LogP contribution < -0.4 is 5.73 Å². The molecule has 1 saturated heterocycles. The monoisotopic (exact) mass is 170 g/mol. The first-order valence-electron chi connectivity index (χ1n) is 4.68. The highest BCUT2D eigenvalue weighted by Gasteiger charge is 2.63. The summed E-state index contributed by atoms with van der Waals surface area (Å²) in [6.07, 6.45) is 1.82. The minimum absolute atomic E-state index is 0.280. The van der Waals surface area contributed by atoms with Gasteiger partial charge in [0.15, 0.2) is 0 Å². The molecule has 1 aliphatic carbocycles. The largest absolute Gasteiger partial charge is 0.387 e. The normalized spacial score (nSPS) is 54.5. The summed E-state index contributed by atoms with van der Waals surface area (Å²) in [4.78, 5) is 2.15. The summed E-state index contributed by atoms with van der Waals surface area (Å²) in [5.41, 5.74) is 5.23. The summed E-state index contributed by atoms with van der Waals surface area (Å²) in [5, 5.41) is 10.3. The van der Waals surface area contributed by atoms with Crippen molar-refractivity contribution < 1.29 is 5.11 Å². The van der Waals surface area contributed by atoms with E-state index in [2.05, 4.69) is 11.8 Å². The molecule has 2 rings (SSSR count). The fourth-order valence-corrected chi connectivity index (χ4v) is 2.46. The molecule has 3 nitrogen and oxygen atoms in total. The summed E-state index contributed by atoms with van der Waals surface area (Å²) < 4.78 is 0. The molecule has 3 atom stereocenters. The van der Waals surface area contributed by atoms with E-state index in [0.29, 0.717) is 5.92 Å². The van der Waals surface area contributed by atoms with Crippen LogP contribution in [0.4, 0.5) is 0 Å². The number of likely N-dealkylation sites (tertiary alicyclic amines) is 1. The zero-order chi connectivity index (χ0) is 8.98.